The number of benzene rings is 4. The predicted octanol–water partition coefficient (Wildman–Crippen LogP) is 6.30. The highest BCUT2D eigenvalue weighted by Gasteiger charge is 2.11. The molecule has 0 saturated carbocycles. The summed E-state index contributed by atoms with van der Waals surface area (Å²) >= 11 is 0. The molecule has 0 radical (unpaired) electrons. The van der Waals surface area contributed by atoms with E-state index < -0.39 is 0 Å². The van der Waals surface area contributed by atoms with Gasteiger partial charge in [0.15, 0.2) is 0 Å². The van der Waals surface area contributed by atoms with Crippen LogP contribution in [0.3, 0.4) is 0 Å². The molecule has 0 spiro atoms. The Labute approximate surface area is 157 Å². The Hall–Kier alpha value is -3.65. The van der Waals surface area contributed by atoms with E-state index in [2.05, 4.69) is 77.8 Å². The highest BCUT2D eigenvalue weighted by atomic mass is 14.6. The van der Waals surface area contributed by atoms with Crippen molar-refractivity contribution in [3.63, 3.8) is 0 Å². The minimum Gasteiger partial charge on any atom is -0.399 e. The van der Waals surface area contributed by atoms with Crippen LogP contribution in [0.4, 0.5) is 5.69 Å². The Balaban J connectivity index is 1.80. The van der Waals surface area contributed by atoms with Crippen molar-refractivity contribution < 1.29 is 0 Å². The summed E-state index contributed by atoms with van der Waals surface area (Å²) in [6.07, 6.45) is 3.89. The van der Waals surface area contributed by atoms with E-state index in [-0.39, 0.29) is 0 Å². The maximum absolute atomic E-state index is 5.86. The van der Waals surface area contributed by atoms with Crippen molar-refractivity contribution in [2.45, 2.75) is 0 Å². The van der Waals surface area contributed by atoms with Crippen LogP contribution >= 0.6 is 0 Å². The lowest BCUT2D eigenvalue weighted by atomic mass is 9.91. The van der Waals surface area contributed by atoms with Crippen molar-refractivity contribution in [2.24, 2.45) is 0 Å². The number of aromatic nitrogens is 1. The third-order valence-corrected chi connectivity index (χ3v) is 5.10. The number of nitrogens with zero attached hydrogens (tertiary/aromatic N) is 1. The zero-order valence-electron chi connectivity index (χ0n) is 14.8. The topological polar surface area (TPSA) is 38.9 Å². The number of nitrogens with two attached hydrogens (primary N) is 1. The first kappa shape index (κ1) is 15.6. The van der Waals surface area contributed by atoms with Gasteiger partial charge < -0.3 is 5.73 Å². The van der Waals surface area contributed by atoms with Crippen LogP contribution in [0.25, 0.3) is 43.8 Å². The molecule has 0 bridgehead atoms. The molecule has 0 saturated heterocycles. The van der Waals surface area contributed by atoms with Crippen LogP contribution in [-0.2, 0) is 0 Å². The molecule has 4 aromatic carbocycles. The molecule has 0 unspecified atom stereocenters. The van der Waals surface area contributed by atoms with E-state index in [1.165, 1.54) is 32.8 Å². The van der Waals surface area contributed by atoms with E-state index in [1.54, 1.807) is 0 Å². The molecule has 2 N–H and O–H groups in total. The first-order chi connectivity index (χ1) is 13.3. The molecule has 1 aromatic heterocycles. The molecule has 0 amide bonds. The molecule has 1 heterocycles. The summed E-state index contributed by atoms with van der Waals surface area (Å²) in [7, 11) is 0. The highest BCUT2D eigenvalue weighted by molar-refractivity contribution is 6.09. The smallest absolute Gasteiger partial charge is 0.0353 e. The van der Waals surface area contributed by atoms with Crippen LogP contribution < -0.4 is 5.73 Å². The number of hydrogen-bond donors (Lipinski definition) is 1. The van der Waals surface area contributed by atoms with Gasteiger partial charge in [-0.25, -0.2) is 0 Å². The summed E-state index contributed by atoms with van der Waals surface area (Å²) in [5, 5.41) is 4.83. The average molecular weight is 346 g/mol. The summed E-state index contributed by atoms with van der Waals surface area (Å²) < 4.78 is 0. The zero-order chi connectivity index (χ0) is 18.2. The van der Waals surface area contributed by atoms with Gasteiger partial charge in [-0.15, -0.1) is 0 Å². The highest BCUT2D eigenvalue weighted by Crippen LogP contribution is 2.37. The number of nitrogen functional groups attached to an aromatic ring is 1. The summed E-state index contributed by atoms with van der Waals surface area (Å²) in [5.74, 6) is 0. The van der Waals surface area contributed by atoms with Gasteiger partial charge in [0.25, 0.3) is 0 Å². The summed E-state index contributed by atoms with van der Waals surface area (Å²) in [5.41, 5.74) is 11.4. The van der Waals surface area contributed by atoms with Crippen LogP contribution in [0.15, 0.2) is 97.3 Å². The van der Waals surface area contributed by atoms with Crippen molar-refractivity contribution in [2.75, 3.05) is 5.73 Å². The number of rotatable bonds is 2. The van der Waals surface area contributed by atoms with E-state index in [1.807, 2.05) is 24.5 Å². The fourth-order valence-electron chi connectivity index (χ4n) is 3.78. The molecule has 128 valence electrons. The third-order valence-electron chi connectivity index (χ3n) is 5.10. The van der Waals surface area contributed by atoms with Crippen LogP contribution in [0.5, 0.6) is 0 Å². The molecule has 5 rings (SSSR count). The standard InChI is InChI=1S/C25H18N2/c26-19-11-9-17(10-12-19)21-13-14-24(23-8-4-3-7-22(21)23)25-16-27-15-18-5-1-2-6-20(18)25/h1-16H,26H2. The van der Waals surface area contributed by atoms with E-state index in [0.717, 1.165) is 16.6 Å². The lowest BCUT2D eigenvalue weighted by Crippen LogP contribution is -1.89. The van der Waals surface area contributed by atoms with Gasteiger partial charge in [0.2, 0.25) is 0 Å². The normalized spacial score (nSPS) is 11.1. The Morgan fingerprint density at radius 2 is 1.15 bits per heavy atom. The Kier molecular flexibility index (Phi) is 3.61. The second kappa shape index (κ2) is 6.26. The lowest BCUT2D eigenvalue weighted by Gasteiger charge is -2.13. The fraction of sp³-hybridized carbons (Fsp3) is 0. The molecule has 2 nitrogen and oxygen atoms in total. The Bertz CT molecular complexity index is 1270. The third kappa shape index (κ3) is 2.63. The number of anilines is 1. The molecule has 2 heteroatoms. The second-order valence-corrected chi connectivity index (χ2v) is 6.74. The zero-order valence-corrected chi connectivity index (χ0v) is 14.8. The average Bonchev–Trinajstić information content (AvgIpc) is 2.73. The number of pyridine rings is 1. The quantitative estimate of drug-likeness (QED) is 0.381. The first-order valence-electron chi connectivity index (χ1n) is 9.02. The van der Waals surface area contributed by atoms with Crippen LogP contribution in [0.2, 0.25) is 0 Å². The van der Waals surface area contributed by atoms with Gasteiger partial charge in [0, 0.05) is 29.0 Å². The minimum absolute atomic E-state index is 0.779. The lowest BCUT2D eigenvalue weighted by molar-refractivity contribution is 1.36. The number of hydrogen-bond acceptors (Lipinski definition) is 2. The van der Waals surface area contributed by atoms with Crippen molar-refractivity contribution >= 4 is 27.2 Å². The fourth-order valence-corrected chi connectivity index (χ4v) is 3.78. The van der Waals surface area contributed by atoms with Gasteiger partial charge in [0.1, 0.15) is 0 Å². The molecule has 0 aliphatic heterocycles. The van der Waals surface area contributed by atoms with Crippen molar-refractivity contribution in [3.05, 3.63) is 97.3 Å². The van der Waals surface area contributed by atoms with E-state index >= 15 is 0 Å². The van der Waals surface area contributed by atoms with Gasteiger partial charge in [-0.1, -0.05) is 72.8 Å². The maximum Gasteiger partial charge on any atom is 0.0353 e. The van der Waals surface area contributed by atoms with Crippen LogP contribution in [0.1, 0.15) is 0 Å². The van der Waals surface area contributed by atoms with Crippen molar-refractivity contribution in [1.82, 2.24) is 4.98 Å². The minimum atomic E-state index is 0.779. The molecule has 0 atom stereocenters. The summed E-state index contributed by atoms with van der Waals surface area (Å²) in [6.45, 7) is 0. The van der Waals surface area contributed by atoms with Gasteiger partial charge in [-0.3, -0.25) is 4.98 Å². The molecular weight excluding hydrogens is 328 g/mol. The largest absolute Gasteiger partial charge is 0.399 e. The molecule has 27 heavy (non-hydrogen) atoms. The maximum atomic E-state index is 5.86. The van der Waals surface area contributed by atoms with E-state index in [9.17, 15) is 0 Å². The van der Waals surface area contributed by atoms with Gasteiger partial charge in [-0.2, -0.15) is 0 Å². The monoisotopic (exact) mass is 346 g/mol. The SMILES string of the molecule is Nc1ccc(-c2ccc(-c3cncc4ccccc34)c3ccccc23)cc1. The van der Waals surface area contributed by atoms with Crippen LogP contribution in [0, 0.1) is 0 Å². The van der Waals surface area contributed by atoms with Crippen LogP contribution in [-0.4, -0.2) is 4.98 Å². The van der Waals surface area contributed by atoms with Crippen molar-refractivity contribution in [1.29, 1.82) is 0 Å². The first-order valence-corrected chi connectivity index (χ1v) is 9.02. The molecule has 5 aromatic rings. The molecule has 0 fully saturated rings. The van der Waals surface area contributed by atoms with E-state index in [0.29, 0.717) is 0 Å². The molecular formula is C25H18N2. The second-order valence-electron chi connectivity index (χ2n) is 6.74. The summed E-state index contributed by atoms with van der Waals surface area (Å²) in [6, 6.07) is 29.4. The van der Waals surface area contributed by atoms with Gasteiger partial charge in [0.05, 0.1) is 0 Å². The summed E-state index contributed by atoms with van der Waals surface area (Å²) in [4.78, 5) is 4.47. The van der Waals surface area contributed by atoms with Gasteiger partial charge in [-0.05, 0) is 45.0 Å². The predicted molar refractivity (Wildman–Crippen MR) is 115 cm³/mol. The van der Waals surface area contributed by atoms with Crippen molar-refractivity contribution in [3.8, 4) is 22.3 Å². The molecule has 0 aliphatic rings. The number of fused-ring (bicyclic) bond motifs is 2. The van der Waals surface area contributed by atoms with Gasteiger partial charge >= 0.3 is 0 Å². The van der Waals surface area contributed by atoms with E-state index in [4.69, 9.17) is 5.73 Å². The Morgan fingerprint density at radius 3 is 1.93 bits per heavy atom. The molecule has 0 aliphatic carbocycles. The Morgan fingerprint density at radius 1 is 0.519 bits per heavy atom.